The molecule has 0 spiro atoms. The van der Waals surface area contributed by atoms with E-state index >= 15 is 0 Å². The van der Waals surface area contributed by atoms with E-state index in [1.54, 1.807) is 0 Å². The molecule has 1 atom stereocenters. The van der Waals surface area contributed by atoms with Gasteiger partial charge < -0.3 is 10.2 Å². The van der Waals surface area contributed by atoms with Crippen molar-refractivity contribution in [2.75, 3.05) is 25.0 Å². The molecule has 2 heterocycles. The summed E-state index contributed by atoms with van der Waals surface area (Å²) in [5.41, 5.74) is 1.11. The van der Waals surface area contributed by atoms with Crippen LogP contribution in [0, 0.1) is 0 Å². The minimum Gasteiger partial charge on any atom is -0.357 e. The van der Waals surface area contributed by atoms with Gasteiger partial charge in [0.25, 0.3) is 0 Å². The van der Waals surface area contributed by atoms with Crippen LogP contribution < -0.4 is 10.2 Å². The quantitative estimate of drug-likeness (QED) is 0.888. The topological polar surface area (TPSA) is 41.0 Å². The van der Waals surface area contributed by atoms with E-state index in [-0.39, 0.29) is 5.41 Å². The van der Waals surface area contributed by atoms with E-state index in [1.807, 2.05) is 0 Å². The molecule has 0 saturated carbocycles. The molecule has 0 aliphatic carbocycles. The number of rotatable bonds is 3. The molecule has 1 aromatic rings. The van der Waals surface area contributed by atoms with E-state index in [2.05, 4.69) is 60.4 Å². The van der Waals surface area contributed by atoms with Crippen LogP contribution in [-0.2, 0) is 5.41 Å². The summed E-state index contributed by atoms with van der Waals surface area (Å²) in [4.78, 5) is 2.18. The summed E-state index contributed by atoms with van der Waals surface area (Å²) < 4.78 is 0. The molecule has 1 unspecified atom stereocenters. The fraction of sp³-hybridized carbons (Fsp3) is 0.714. The number of likely N-dealkylation sites (N-methyl/N-ethyl adjacent to an activating group) is 1. The second-order valence-electron chi connectivity index (χ2n) is 6.20. The normalized spacial score (nSPS) is 20.1. The first-order chi connectivity index (χ1) is 8.47. The van der Waals surface area contributed by atoms with Crippen molar-refractivity contribution in [1.29, 1.82) is 0 Å². The van der Waals surface area contributed by atoms with E-state index in [1.165, 1.54) is 12.8 Å². The van der Waals surface area contributed by atoms with Crippen LogP contribution in [-0.4, -0.2) is 36.4 Å². The molecule has 1 N–H and O–H groups in total. The predicted molar refractivity (Wildman–Crippen MR) is 75.0 cm³/mol. The molecule has 0 bridgehead atoms. The Morgan fingerprint density at radius 1 is 1.33 bits per heavy atom. The van der Waals surface area contributed by atoms with Crippen LogP contribution in [0.25, 0.3) is 0 Å². The van der Waals surface area contributed by atoms with Crippen LogP contribution in [0.3, 0.4) is 0 Å². The zero-order chi connectivity index (χ0) is 13.2. The molecule has 1 aromatic heterocycles. The van der Waals surface area contributed by atoms with Gasteiger partial charge in [0, 0.05) is 25.0 Å². The third-order valence-corrected chi connectivity index (χ3v) is 3.47. The molecule has 1 aliphatic heterocycles. The Morgan fingerprint density at radius 3 is 2.61 bits per heavy atom. The molecule has 100 valence electrons. The standard InChI is InChI=1S/C14H24N4/c1-14(2,3)12-7-8-13(17-16-12)18(4)10-11-6-5-9-15-11/h7-8,11,15H,5-6,9-10H2,1-4H3. The lowest BCUT2D eigenvalue weighted by atomic mass is 9.92. The van der Waals surface area contributed by atoms with Crippen molar-refractivity contribution in [3.05, 3.63) is 17.8 Å². The Kier molecular flexibility index (Phi) is 3.85. The molecule has 0 radical (unpaired) electrons. The minimum atomic E-state index is 0.0666. The molecular formula is C14H24N4. The van der Waals surface area contributed by atoms with Gasteiger partial charge in [-0.05, 0) is 31.5 Å². The molecule has 1 saturated heterocycles. The van der Waals surface area contributed by atoms with Crippen LogP contribution in [0.1, 0.15) is 39.3 Å². The van der Waals surface area contributed by atoms with Crippen LogP contribution in [0.4, 0.5) is 5.82 Å². The maximum Gasteiger partial charge on any atom is 0.151 e. The number of anilines is 1. The second-order valence-corrected chi connectivity index (χ2v) is 6.20. The fourth-order valence-corrected chi connectivity index (χ4v) is 2.27. The fourth-order valence-electron chi connectivity index (χ4n) is 2.27. The molecular weight excluding hydrogens is 224 g/mol. The number of nitrogens with one attached hydrogen (secondary N) is 1. The smallest absolute Gasteiger partial charge is 0.151 e. The van der Waals surface area contributed by atoms with Crippen LogP contribution >= 0.6 is 0 Å². The van der Waals surface area contributed by atoms with Crippen molar-refractivity contribution >= 4 is 5.82 Å². The highest BCUT2D eigenvalue weighted by atomic mass is 15.3. The van der Waals surface area contributed by atoms with E-state index in [9.17, 15) is 0 Å². The summed E-state index contributed by atoms with van der Waals surface area (Å²) in [6, 6.07) is 4.75. The maximum atomic E-state index is 4.34. The van der Waals surface area contributed by atoms with Gasteiger partial charge in [0.15, 0.2) is 5.82 Å². The highest BCUT2D eigenvalue weighted by Gasteiger charge is 2.18. The molecule has 0 aromatic carbocycles. The van der Waals surface area contributed by atoms with Gasteiger partial charge in [-0.3, -0.25) is 0 Å². The molecule has 1 aliphatic rings. The van der Waals surface area contributed by atoms with Crippen molar-refractivity contribution in [3.63, 3.8) is 0 Å². The Morgan fingerprint density at radius 2 is 2.11 bits per heavy atom. The lowest BCUT2D eigenvalue weighted by Gasteiger charge is -2.23. The first-order valence-electron chi connectivity index (χ1n) is 6.75. The minimum absolute atomic E-state index is 0.0666. The Bertz CT molecular complexity index is 374. The van der Waals surface area contributed by atoms with Gasteiger partial charge in [-0.15, -0.1) is 5.10 Å². The Balaban J connectivity index is 2.00. The molecule has 1 fully saturated rings. The van der Waals surface area contributed by atoms with Gasteiger partial charge in [-0.25, -0.2) is 0 Å². The third-order valence-electron chi connectivity index (χ3n) is 3.47. The van der Waals surface area contributed by atoms with E-state index < -0.39 is 0 Å². The van der Waals surface area contributed by atoms with Gasteiger partial charge in [-0.2, -0.15) is 5.10 Å². The summed E-state index contributed by atoms with van der Waals surface area (Å²) >= 11 is 0. The molecule has 2 rings (SSSR count). The van der Waals surface area contributed by atoms with E-state index in [4.69, 9.17) is 0 Å². The van der Waals surface area contributed by atoms with Crippen molar-refractivity contribution in [1.82, 2.24) is 15.5 Å². The van der Waals surface area contributed by atoms with Crippen LogP contribution in [0.2, 0.25) is 0 Å². The zero-order valence-electron chi connectivity index (χ0n) is 11.9. The van der Waals surface area contributed by atoms with E-state index in [0.29, 0.717) is 6.04 Å². The summed E-state index contributed by atoms with van der Waals surface area (Å²) in [7, 11) is 2.08. The van der Waals surface area contributed by atoms with Crippen molar-refractivity contribution < 1.29 is 0 Å². The summed E-state index contributed by atoms with van der Waals surface area (Å²) in [6.07, 6.45) is 2.55. The molecule has 0 amide bonds. The first kappa shape index (κ1) is 13.3. The Hall–Kier alpha value is -1.16. The molecule has 18 heavy (non-hydrogen) atoms. The van der Waals surface area contributed by atoms with Gasteiger partial charge >= 0.3 is 0 Å². The first-order valence-corrected chi connectivity index (χ1v) is 6.75. The Labute approximate surface area is 110 Å². The van der Waals surface area contributed by atoms with Crippen molar-refractivity contribution in [2.45, 2.75) is 45.1 Å². The van der Waals surface area contributed by atoms with Gasteiger partial charge in [0.1, 0.15) is 0 Å². The van der Waals surface area contributed by atoms with Gasteiger partial charge in [0.05, 0.1) is 5.69 Å². The van der Waals surface area contributed by atoms with Crippen molar-refractivity contribution in [2.24, 2.45) is 0 Å². The number of nitrogens with zero attached hydrogens (tertiary/aromatic N) is 3. The summed E-state index contributed by atoms with van der Waals surface area (Å²) in [5.74, 6) is 0.955. The monoisotopic (exact) mass is 248 g/mol. The SMILES string of the molecule is CN(CC1CCCN1)c1ccc(C(C)(C)C)nn1. The largest absolute Gasteiger partial charge is 0.357 e. The van der Waals surface area contributed by atoms with Crippen LogP contribution in [0.5, 0.6) is 0 Å². The third kappa shape index (κ3) is 3.19. The van der Waals surface area contributed by atoms with Crippen molar-refractivity contribution in [3.8, 4) is 0 Å². The zero-order valence-corrected chi connectivity index (χ0v) is 11.9. The maximum absolute atomic E-state index is 4.34. The average molecular weight is 248 g/mol. The average Bonchev–Trinajstić information content (AvgIpc) is 2.81. The number of aromatic nitrogens is 2. The van der Waals surface area contributed by atoms with Gasteiger partial charge in [-0.1, -0.05) is 20.8 Å². The highest BCUT2D eigenvalue weighted by molar-refractivity contribution is 5.37. The lowest BCUT2D eigenvalue weighted by molar-refractivity contribution is 0.555. The summed E-state index contributed by atoms with van der Waals surface area (Å²) in [5, 5.41) is 12.2. The van der Waals surface area contributed by atoms with Gasteiger partial charge in [0.2, 0.25) is 0 Å². The highest BCUT2D eigenvalue weighted by Crippen LogP contribution is 2.20. The van der Waals surface area contributed by atoms with E-state index in [0.717, 1.165) is 24.6 Å². The summed E-state index contributed by atoms with van der Waals surface area (Å²) in [6.45, 7) is 8.62. The lowest BCUT2D eigenvalue weighted by Crippen LogP contribution is -2.35. The predicted octanol–water partition coefficient (Wildman–Crippen LogP) is 1.96. The van der Waals surface area contributed by atoms with Crippen LogP contribution in [0.15, 0.2) is 12.1 Å². The second kappa shape index (κ2) is 5.22. The molecule has 4 heteroatoms. The number of hydrogen-bond donors (Lipinski definition) is 1. The number of hydrogen-bond acceptors (Lipinski definition) is 4. The molecule has 4 nitrogen and oxygen atoms in total.